The van der Waals surface area contributed by atoms with Crippen LogP contribution in [-0.2, 0) is 5.41 Å². The molecule has 16 heavy (non-hydrogen) atoms. The van der Waals surface area contributed by atoms with Crippen molar-refractivity contribution in [3.8, 4) is 0 Å². The molecular weight excluding hydrogens is 194 g/mol. The van der Waals surface area contributed by atoms with Gasteiger partial charge in [0, 0.05) is 17.8 Å². The quantitative estimate of drug-likeness (QED) is 0.727. The first kappa shape index (κ1) is 11.1. The van der Waals surface area contributed by atoms with E-state index >= 15 is 0 Å². The van der Waals surface area contributed by atoms with Crippen molar-refractivity contribution >= 4 is 10.8 Å². The van der Waals surface area contributed by atoms with E-state index in [1.54, 1.807) is 0 Å². The van der Waals surface area contributed by atoms with E-state index < -0.39 is 0 Å². The summed E-state index contributed by atoms with van der Waals surface area (Å²) in [6, 6.07) is 6.73. The van der Waals surface area contributed by atoms with Crippen LogP contribution in [0.2, 0.25) is 0 Å². The van der Waals surface area contributed by atoms with Gasteiger partial charge >= 0.3 is 0 Å². The second-order valence-corrected chi connectivity index (χ2v) is 5.13. The average molecular weight is 213 g/mol. The third-order valence-corrected chi connectivity index (χ3v) is 3.63. The molecule has 0 saturated carbocycles. The van der Waals surface area contributed by atoms with E-state index in [2.05, 4.69) is 50.9 Å². The van der Waals surface area contributed by atoms with Crippen LogP contribution in [0.15, 0.2) is 30.6 Å². The molecule has 1 heterocycles. The van der Waals surface area contributed by atoms with Crippen LogP contribution in [0.4, 0.5) is 0 Å². The van der Waals surface area contributed by atoms with Crippen LogP contribution < -0.4 is 0 Å². The minimum absolute atomic E-state index is 0.254. The molecule has 0 amide bonds. The van der Waals surface area contributed by atoms with Crippen LogP contribution in [-0.4, -0.2) is 4.98 Å². The number of aromatic nitrogens is 1. The molecule has 2 aromatic rings. The maximum Gasteiger partial charge on any atom is 0.0346 e. The molecular formula is C15H19N. The fourth-order valence-corrected chi connectivity index (χ4v) is 1.93. The van der Waals surface area contributed by atoms with Crippen molar-refractivity contribution in [3.05, 3.63) is 41.7 Å². The van der Waals surface area contributed by atoms with Gasteiger partial charge in [-0.25, -0.2) is 0 Å². The van der Waals surface area contributed by atoms with Crippen LogP contribution in [0.3, 0.4) is 0 Å². The van der Waals surface area contributed by atoms with Gasteiger partial charge in [-0.1, -0.05) is 39.0 Å². The zero-order valence-corrected chi connectivity index (χ0v) is 10.5. The van der Waals surface area contributed by atoms with Gasteiger partial charge in [0.15, 0.2) is 0 Å². The lowest BCUT2D eigenvalue weighted by Crippen LogP contribution is -2.15. The van der Waals surface area contributed by atoms with Crippen LogP contribution in [0.25, 0.3) is 10.8 Å². The lowest BCUT2D eigenvalue weighted by atomic mass is 9.81. The maximum atomic E-state index is 4.22. The van der Waals surface area contributed by atoms with Crippen molar-refractivity contribution in [3.63, 3.8) is 0 Å². The first-order valence-corrected chi connectivity index (χ1v) is 5.89. The lowest BCUT2D eigenvalue weighted by molar-refractivity contribution is 0.507. The number of fused-ring (bicyclic) bond motifs is 1. The van der Waals surface area contributed by atoms with Crippen LogP contribution in [0, 0.1) is 6.92 Å². The Balaban J connectivity index is 2.64. The maximum absolute atomic E-state index is 4.22. The van der Waals surface area contributed by atoms with E-state index in [0.717, 1.165) is 6.42 Å². The van der Waals surface area contributed by atoms with Crippen molar-refractivity contribution in [1.82, 2.24) is 4.98 Å². The molecule has 1 aromatic heterocycles. The minimum Gasteiger partial charge on any atom is -0.264 e. The van der Waals surface area contributed by atoms with Gasteiger partial charge in [0.2, 0.25) is 0 Å². The zero-order chi connectivity index (χ0) is 11.8. The van der Waals surface area contributed by atoms with Gasteiger partial charge in [-0.2, -0.15) is 0 Å². The molecule has 0 aliphatic carbocycles. The third kappa shape index (κ3) is 1.82. The Morgan fingerprint density at radius 2 is 1.94 bits per heavy atom. The standard InChI is InChI=1S/C15H19N/c1-5-15(3,4)13-7-6-12-10-16-9-11(2)14(12)8-13/h6-10H,5H2,1-4H3. The van der Waals surface area contributed by atoms with Gasteiger partial charge in [0.05, 0.1) is 0 Å². The molecule has 0 radical (unpaired) electrons. The van der Waals surface area contributed by atoms with Crippen molar-refractivity contribution in [2.75, 3.05) is 0 Å². The van der Waals surface area contributed by atoms with E-state index in [4.69, 9.17) is 0 Å². The molecule has 0 unspecified atom stereocenters. The summed E-state index contributed by atoms with van der Waals surface area (Å²) in [5.74, 6) is 0. The Labute approximate surface area is 97.5 Å². The summed E-state index contributed by atoms with van der Waals surface area (Å²) in [7, 11) is 0. The summed E-state index contributed by atoms with van der Waals surface area (Å²) in [6.07, 6.45) is 5.03. The molecule has 1 nitrogen and oxygen atoms in total. The molecule has 1 heteroatoms. The molecule has 0 aliphatic rings. The Kier molecular flexibility index (Phi) is 2.71. The third-order valence-electron chi connectivity index (χ3n) is 3.63. The predicted octanol–water partition coefficient (Wildman–Crippen LogP) is 4.23. The number of hydrogen-bond donors (Lipinski definition) is 0. The monoisotopic (exact) mass is 213 g/mol. The molecule has 0 fully saturated rings. The van der Waals surface area contributed by atoms with E-state index in [1.165, 1.54) is 21.9 Å². The summed E-state index contributed by atoms with van der Waals surface area (Å²) in [5.41, 5.74) is 2.92. The zero-order valence-electron chi connectivity index (χ0n) is 10.5. The van der Waals surface area contributed by atoms with Crippen molar-refractivity contribution in [2.45, 2.75) is 39.5 Å². The Morgan fingerprint density at radius 1 is 1.19 bits per heavy atom. The van der Waals surface area contributed by atoms with E-state index in [9.17, 15) is 0 Å². The number of benzene rings is 1. The van der Waals surface area contributed by atoms with Gasteiger partial charge in [0.1, 0.15) is 0 Å². The summed E-state index contributed by atoms with van der Waals surface area (Å²) in [6.45, 7) is 8.96. The molecule has 0 atom stereocenters. The minimum atomic E-state index is 0.254. The average Bonchev–Trinajstić information content (AvgIpc) is 2.29. The van der Waals surface area contributed by atoms with Gasteiger partial charge in [-0.3, -0.25) is 4.98 Å². The largest absolute Gasteiger partial charge is 0.264 e. The second kappa shape index (κ2) is 3.89. The number of aryl methyl sites for hydroxylation is 1. The lowest BCUT2D eigenvalue weighted by Gasteiger charge is -2.23. The van der Waals surface area contributed by atoms with Crippen LogP contribution in [0.5, 0.6) is 0 Å². The van der Waals surface area contributed by atoms with E-state index in [-0.39, 0.29) is 5.41 Å². The highest BCUT2D eigenvalue weighted by atomic mass is 14.6. The highest BCUT2D eigenvalue weighted by Gasteiger charge is 2.18. The second-order valence-electron chi connectivity index (χ2n) is 5.13. The van der Waals surface area contributed by atoms with Crippen molar-refractivity contribution < 1.29 is 0 Å². The van der Waals surface area contributed by atoms with Gasteiger partial charge in [-0.05, 0) is 35.3 Å². The Morgan fingerprint density at radius 3 is 2.62 bits per heavy atom. The molecule has 0 bridgehead atoms. The Hall–Kier alpha value is -1.37. The van der Waals surface area contributed by atoms with E-state index in [1.807, 2.05) is 12.4 Å². The number of rotatable bonds is 2. The topological polar surface area (TPSA) is 12.9 Å². The van der Waals surface area contributed by atoms with Crippen molar-refractivity contribution in [1.29, 1.82) is 0 Å². The molecule has 0 spiro atoms. The predicted molar refractivity (Wildman–Crippen MR) is 69.8 cm³/mol. The Bertz CT molecular complexity index is 512. The van der Waals surface area contributed by atoms with Crippen LogP contribution in [0.1, 0.15) is 38.3 Å². The molecule has 2 rings (SSSR count). The molecule has 84 valence electrons. The van der Waals surface area contributed by atoms with E-state index in [0.29, 0.717) is 0 Å². The number of pyridine rings is 1. The van der Waals surface area contributed by atoms with Gasteiger partial charge in [0.25, 0.3) is 0 Å². The fourth-order valence-electron chi connectivity index (χ4n) is 1.93. The van der Waals surface area contributed by atoms with Gasteiger partial charge in [-0.15, -0.1) is 0 Å². The summed E-state index contributed by atoms with van der Waals surface area (Å²) < 4.78 is 0. The molecule has 0 N–H and O–H groups in total. The summed E-state index contributed by atoms with van der Waals surface area (Å²) >= 11 is 0. The SMILES string of the molecule is CCC(C)(C)c1ccc2cncc(C)c2c1. The van der Waals surface area contributed by atoms with Gasteiger partial charge < -0.3 is 0 Å². The molecule has 0 saturated heterocycles. The fraction of sp³-hybridized carbons (Fsp3) is 0.400. The highest BCUT2D eigenvalue weighted by molar-refractivity contribution is 5.85. The smallest absolute Gasteiger partial charge is 0.0346 e. The molecule has 1 aromatic carbocycles. The summed E-state index contributed by atoms with van der Waals surface area (Å²) in [5, 5.41) is 2.56. The van der Waals surface area contributed by atoms with Crippen molar-refractivity contribution in [2.24, 2.45) is 0 Å². The van der Waals surface area contributed by atoms with Crippen LogP contribution >= 0.6 is 0 Å². The summed E-state index contributed by atoms with van der Waals surface area (Å²) in [4.78, 5) is 4.22. The highest BCUT2D eigenvalue weighted by Crippen LogP contribution is 2.29. The normalized spacial score (nSPS) is 12.0. The number of nitrogens with zero attached hydrogens (tertiary/aromatic N) is 1. The first-order valence-electron chi connectivity index (χ1n) is 5.89. The number of hydrogen-bond acceptors (Lipinski definition) is 1. The molecule has 0 aliphatic heterocycles. The first-order chi connectivity index (χ1) is 7.54.